The number of amides is 1. The van der Waals surface area contributed by atoms with E-state index in [2.05, 4.69) is 59.0 Å². The van der Waals surface area contributed by atoms with Crippen LogP contribution < -0.4 is 10.1 Å². The van der Waals surface area contributed by atoms with Crippen molar-refractivity contribution < 1.29 is 14.3 Å². The zero-order valence-corrected chi connectivity index (χ0v) is 22.1. The van der Waals surface area contributed by atoms with Crippen LogP contribution in [0.2, 0.25) is 0 Å². The summed E-state index contributed by atoms with van der Waals surface area (Å²) in [6, 6.07) is 8.34. The Labute approximate surface area is 199 Å². The summed E-state index contributed by atoms with van der Waals surface area (Å²) in [7, 11) is 0. The van der Waals surface area contributed by atoms with Gasteiger partial charge in [-0.05, 0) is 46.9 Å². The SMILES string of the molecule is Cc1cc(C2C(=O)Oc3c2cc(C(C)(C)C)cc3C(C)(C)C)cc(C)c1NC(=O)C(C)(C)C. The van der Waals surface area contributed by atoms with Crippen molar-refractivity contribution in [1.82, 2.24) is 0 Å². The molecule has 2 aromatic rings. The number of carbonyl (C=O) groups is 2. The van der Waals surface area contributed by atoms with E-state index in [9.17, 15) is 9.59 Å². The van der Waals surface area contributed by atoms with Gasteiger partial charge in [-0.2, -0.15) is 0 Å². The molecule has 1 N–H and O–H groups in total. The van der Waals surface area contributed by atoms with Gasteiger partial charge in [-0.3, -0.25) is 9.59 Å². The Bertz CT molecular complexity index is 1100. The maximum absolute atomic E-state index is 13.2. The number of carbonyl (C=O) groups excluding carboxylic acids is 2. The third-order valence-corrected chi connectivity index (χ3v) is 6.35. The van der Waals surface area contributed by atoms with E-state index in [1.54, 1.807) is 0 Å². The number of anilines is 1. The van der Waals surface area contributed by atoms with Gasteiger partial charge in [0.1, 0.15) is 11.7 Å². The van der Waals surface area contributed by atoms with E-state index in [1.807, 2.05) is 46.8 Å². The molecule has 0 spiro atoms. The largest absolute Gasteiger partial charge is 0.425 e. The Hall–Kier alpha value is -2.62. The van der Waals surface area contributed by atoms with Gasteiger partial charge in [-0.25, -0.2) is 0 Å². The fourth-order valence-electron chi connectivity index (χ4n) is 4.23. The Morgan fingerprint density at radius 2 is 1.39 bits per heavy atom. The second kappa shape index (κ2) is 8.00. The number of ether oxygens (including phenoxy) is 1. The van der Waals surface area contributed by atoms with Crippen molar-refractivity contribution in [2.75, 3.05) is 5.32 Å². The van der Waals surface area contributed by atoms with Crippen LogP contribution in [0.4, 0.5) is 5.69 Å². The van der Waals surface area contributed by atoms with Crippen molar-refractivity contribution in [3.8, 4) is 5.75 Å². The average Bonchev–Trinajstić information content (AvgIpc) is 2.96. The van der Waals surface area contributed by atoms with Crippen LogP contribution >= 0.6 is 0 Å². The van der Waals surface area contributed by atoms with Crippen LogP contribution in [-0.2, 0) is 20.4 Å². The van der Waals surface area contributed by atoms with E-state index >= 15 is 0 Å². The summed E-state index contributed by atoms with van der Waals surface area (Å²) < 4.78 is 5.91. The Balaban J connectivity index is 2.15. The number of nitrogens with one attached hydrogen (secondary N) is 1. The lowest BCUT2D eigenvalue weighted by Crippen LogP contribution is -2.28. The third kappa shape index (κ3) is 4.85. The van der Waals surface area contributed by atoms with Gasteiger partial charge < -0.3 is 10.1 Å². The van der Waals surface area contributed by atoms with E-state index in [1.165, 1.54) is 5.56 Å². The molecule has 4 heteroatoms. The molecule has 1 atom stereocenters. The van der Waals surface area contributed by atoms with Gasteiger partial charge in [0.05, 0.1) is 0 Å². The van der Waals surface area contributed by atoms with Crippen molar-refractivity contribution in [3.05, 3.63) is 57.6 Å². The van der Waals surface area contributed by atoms with E-state index in [-0.39, 0.29) is 22.7 Å². The lowest BCUT2D eigenvalue weighted by Gasteiger charge is -2.27. The summed E-state index contributed by atoms with van der Waals surface area (Å²) in [5, 5.41) is 3.07. The van der Waals surface area contributed by atoms with Gasteiger partial charge >= 0.3 is 5.97 Å². The molecule has 0 fully saturated rings. The van der Waals surface area contributed by atoms with Crippen LogP contribution in [0.5, 0.6) is 5.75 Å². The third-order valence-electron chi connectivity index (χ3n) is 6.35. The standard InChI is InChI=1S/C29H39NO3/c1-16-12-18(13-17(2)23(16)30-26(32)29(9,10)11)22-20-14-19(27(3,4)5)15-21(28(6,7)8)24(20)33-25(22)31/h12-15,22H,1-11H3,(H,30,32). The summed E-state index contributed by atoms with van der Waals surface area (Å²) >= 11 is 0. The molecule has 0 bridgehead atoms. The normalized spacial score (nSPS) is 16.5. The molecular weight excluding hydrogens is 410 g/mol. The molecule has 0 aliphatic carbocycles. The molecule has 1 aliphatic rings. The first-order chi connectivity index (χ1) is 14.9. The summed E-state index contributed by atoms with van der Waals surface area (Å²) in [5.74, 6) is -0.0531. The number of rotatable bonds is 2. The minimum atomic E-state index is -0.488. The molecule has 4 nitrogen and oxygen atoms in total. The van der Waals surface area contributed by atoms with Crippen molar-refractivity contribution in [2.45, 2.75) is 92.9 Å². The van der Waals surface area contributed by atoms with Gasteiger partial charge in [-0.15, -0.1) is 0 Å². The zero-order chi connectivity index (χ0) is 25.1. The highest BCUT2D eigenvalue weighted by molar-refractivity contribution is 5.96. The highest BCUT2D eigenvalue weighted by Crippen LogP contribution is 2.47. The first kappa shape index (κ1) is 25.0. The van der Waals surface area contributed by atoms with Crippen LogP contribution in [-0.4, -0.2) is 11.9 Å². The molecule has 3 rings (SSSR count). The summed E-state index contributed by atoms with van der Waals surface area (Å²) in [6.07, 6.45) is 0. The Kier molecular flexibility index (Phi) is 6.06. The molecule has 0 saturated heterocycles. The molecule has 33 heavy (non-hydrogen) atoms. The average molecular weight is 450 g/mol. The number of hydrogen-bond acceptors (Lipinski definition) is 3. The number of aryl methyl sites for hydroxylation is 2. The topological polar surface area (TPSA) is 55.4 Å². The van der Waals surface area contributed by atoms with Gasteiger partial charge in [-0.1, -0.05) is 86.6 Å². The van der Waals surface area contributed by atoms with Crippen molar-refractivity contribution in [3.63, 3.8) is 0 Å². The van der Waals surface area contributed by atoms with Crippen LogP contribution in [0, 0.1) is 19.3 Å². The maximum atomic E-state index is 13.2. The molecule has 178 valence electrons. The number of fused-ring (bicyclic) bond motifs is 1. The first-order valence-electron chi connectivity index (χ1n) is 11.7. The van der Waals surface area contributed by atoms with E-state index in [0.717, 1.165) is 33.5 Å². The van der Waals surface area contributed by atoms with Crippen molar-refractivity contribution in [2.24, 2.45) is 5.41 Å². The zero-order valence-electron chi connectivity index (χ0n) is 22.1. The predicted molar refractivity (Wildman–Crippen MR) is 135 cm³/mol. The molecule has 1 heterocycles. The van der Waals surface area contributed by atoms with Gasteiger partial charge in [0, 0.05) is 22.2 Å². The van der Waals surface area contributed by atoms with E-state index in [0.29, 0.717) is 5.75 Å². The predicted octanol–water partition coefficient (Wildman–Crippen LogP) is 6.93. The van der Waals surface area contributed by atoms with Crippen LogP contribution in [0.15, 0.2) is 24.3 Å². The maximum Gasteiger partial charge on any atom is 0.323 e. The van der Waals surface area contributed by atoms with Gasteiger partial charge in [0.15, 0.2) is 0 Å². The lowest BCUT2D eigenvalue weighted by molar-refractivity contribution is -0.133. The fraction of sp³-hybridized carbons (Fsp3) is 0.517. The molecular formula is C29H39NO3. The molecule has 0 radical (unpaired) electrons. The summed E-state index contributed by atoms with van der Waals surface area (Å²) in [4.78, 5) is 25.8. The van der Waals surface area contributed by atoms with Gasteiger partial charge in [0.2, 0.25) is 5.91 Å². The number of hydrogen-bond donors (Lipinski definition) is 1. The second-order valence-corrected chi connectivity index (χ2v) is 12.5. The molecule has 2 aromatic carbocycles. The first-order valence-corrected chi connectivity index (χ1v) is 11.7. The van der Waals surface area contributed by atoms with E-state index in [4.69, 9.17) is 4.74 Å². The van der Waals surface area contributed by atoms with E-state index < -0.39 is 11.3 Å². The molecule has 0 aromatic heterocycles. The Morgan fingerprint density at radius 1 is 0.848 bits per heavy atom. The molecule has 1 unspecified atom stereocenters. The van der Waals surface area contributed by atoms with Crippen LogP contribution in [0.3, 0.4) is 0 Å². The quantitative estimate of drug-likeness (QED) is 0.399. The Morgan fingerprint density at radius 3 is 1.85 bits per heavy atom. The smallest absolute Gasteiger partial charge is 0.323 e. The summed E-state index contributed by atoms with van der Waals surface area (Å²) in [6.45, 7) is 22.7. The fourth-order valence-corrected chi connectivity index (χ4v) is 4.23. The summed E-state index contributed by atoms with van der Waals surface area (Å²) in [5.41, 5.74) is 6.06. The minimum absolute atomic E-state index is 0.0308. The molecule has 0 saturated carbocycles. The van der Waals surface area contributed by atoms with Crippen molar-refractivity contribution >= 4 is 17.6 Å². The lowest BCUT2D eigenvalue weighted by atomic mass is 9.77. The molecule has 1 aliphatic heterocycles. The highest BCUT2D eigenvalue weighted by atomic mass is 16.5. The monoisotopic (exact) mass is 449 g/mol. The number of benzene rings is 2. The van der Waals surface area contributed by atoms with Gasteiger partial charge in [0.25, 0.3) is 0 Å². The number of esters is 1. The van der Waals surface area contributed by atoms with Crippen molar-refractivity contribution in [1.29, 1.82) is 0 Å². The highest BCUT2D eigenvalue weighted by Gasteiger charge is 2.40. The minimum Gasteiger partial charge on any atom is -0.425 e. The van der Waals surface area contributed by atoms with Crippen LogP contribution in [0.1, 0.15) is 102 Å². The second-order valence-electron chi connectivity index (χ2n) is 12.5. The molecule has 1 amide bonds. The van der Waals surface area contributed by atoms with Crippen LogP contribution in [0.25, 0.3) is 0 Å².